The van der Waals surface area contributed by atoms with E-state index in [-0.39, 0.29) is 5.92 Å². The summed E-state index contributed by atoms with van der Waals surface area (Å²) >= 11 is 0. The topological polar surface area (TPSA) is 52.5 Å². The highest BCUT2D eigenvalue weighted by molar-refractivity contribution is 4.83. The number of aliphatic hydroxyl groups excluding tert-OH is 1. The largest absolute Gasteiger partial charge is 0.392 e. The summed E-state index contributed by atoms with van der Waals surface area (Å²) < 4.78 is 0. The van der Waals surface area contributed by atoms with E-state index < -0.39 is 11.7 Å². The molecule has 3 nitrogen and oxygen atoms in total. The monoisotopic (exact) mass is 189 g/mol. The first-order valence-corrected chi connectivity index (χ1v) is 5.01. The quantitative estimate of drug-likeness (QED) is 0.578. The Hall–Kier alpha value is -0.120. The molecule has 0 aliphatic rings. The van der Waals surface area contributed by atoms with Gasteiger partial charge in [-0.2, -0.15) is 0 Å². The highest BCUT2D eigenvalue weighted by Gasteiger charge is 2.31. The van der Waals surface area contributed by atoms with E-state index in [1.807, 2.05) is 20.8 Å². The van der Waals surface area contributed by atoms with Gasteiger partial charge in [-0.15, -0.1) is 0 Å². The van der Waals surface area contributed by atoms with Gasteiger partial charge in [-0.1, -0.05) is 20.8 Å². The minimum Gasteiger partial charge on any atom is -0.392 e. The Bertz CT molecular complexity index is 139. The average molecular weight is 189 g/mol. The molecule has 0 bridgehead atoms. The Morgan fingerprint density at radius 2 is 1.92 bits per heavy atom. The summed E-state index contributed by atoms with van der Waals surface area (Å²) in [6.07, 6.45) is 0.672. The summed E-state index contributed by atoms with van der Waals surface area (Å²) in [4.78, 5) is 0. The van der Waals surface area contributed by atoms with Crippen molar-refractivity contribution in [1.29, 1.82) is 0 Å². The van der Waals surface area contributed by atoms with Crippen LogP contribution in [0.1, 0.15) is 33.6 Å². The molecule has 0 radical (unpaired) electrons. The Labute approximate surface area is 81.2 Å². The molecule has 0 aliphatic heterocycles. The molecule has 13 heavy (non-hydrogen) atoms. The van der Waals surface area contributed by atoms with Crippen LogP contribution >= 0.6 is 0 Å². The molecule has 0 aromatic heterocycles. The van der Waals surface area contributed by atoms with Crippen LogP contribution in [0.3, 0.4) is 0 Å². The fourth-order valence-electron chi connectivity index (χ4n) is 1.50. The summed E-state index contributed by atoms with van der Waals surface area (Å²) in [5.74, 6) is 0.184. The van der Waals surface area contributed by atoms with Gasteiger partial charge in [0.1, 0.15) is 0 Å². The van der Waals surface area contributed by atoms with Gasteiger partial charge in [0.25, 0.3) is 0 Å². The molecule has 3 heteroatoms. The van der Waals surface area contributed by atoms with E-state index >= 15 is 0 Å². The number of likely N-dealkylation sites (N-methyl/N-ethyl adjacent to an activating group) is 1. The second kappa shape index (κ2) is 5.58. The predicted molar refractivity (Wildman–Crippen MR) is 54.6 cm³/mol. The molecule has 2 atom stereocenters. The van der Waals surface area contributed by atoms with Crippen LogP contribution < -0.4 is 5.32 Å². The van der Waals surface area contributed by atoms with E-state index in [0.717, 1.165) is 0 Å². The van der Waals surface area contributed by atoms with Gasteiger partial charge in [-0.05, 0) is 19.4 Å². The number of nitrogens with one attached hydrogen (secondary N) is 1. The van der Waals surface area contributed by atoms with Crippen LogP contribution in [-0.2, 0) is 0 Å². The van der Waals surface area contributed by atoms with Crippen LogP contribution in [-0.4, -0.2) is 35.5 Å². The van der Waals surface area contributed by atoms with Crippen LogP contribution in [0, 0.1) is 5.92 Å². The first kappa shape index (κ1) is 12.9. The van der Waals surface area contributed by atoms with Crippen molar-refractivity contribution in [3.05, 3.63) is 0 Å². The van der Waals surface area contributed by atoms with Gasteiger partial charge in [0.15, 0.2) is 0 Å². The van der Waals surface area contributed by atoms with Crippen molar-refractivity contribution in [2.45, 2.75) is 45.3 Å². The van der Waals surface area contributed by atoms with Crippen molar-refractivity contribution in [3.8, 4) is 0 Å². The molecule has 0 spiro atoms. The minimum atomic E-state index is -0.726. The minimum absolute atomic E-state index is 0.184. The third kappa shape index (κ3) is 4.07. The first-order valence-electron chi connectivity index (χ1n) is 5.01. The first-order chi connectivity index (χ1) is 5.96. The van der Waals surface area contributed by atoms with Crippen molar-refractivity contribution < 1.29 is 10.2 Å². The molecule has 0 saturated carbocycles. The Morgan fingerprint density at radius 3 is 2.23 bits per heavy atom. The highest BCUT2D eigenvalue weighted by Crippen LogP contribution is 2.26. The summed E-state index contributed by atoms with van der Waals surface area (Å²) in [5, 5.41) is 22.5. The van der Waals surface area contributed by atoms with Gasteiger partial charge in [-0.3, -0.25) is 0 Å². The summed E-state index contributed by atoms with van der Waals surface area (Å²) in [6.45, 7) is 6.45. The zero-order chi connectivity index (χ0) is 10.5. The molecule has 0 aliphatic carbocycles. The molecule has 80 valence electrons. The molecule has 3 N–H and O–H groups in total. The second-order valence-electron chi connectivity index (χ2n) is 4.03. The maximum atomic E-state index is 10.1. The molecule has 0 heterocycles. The lowest BCUT2D eigenvalue weighted by Crippen LogP contribution is -2.40. The molecule has 0 fully saturated rings. The van der Waals surface area contributed by atoms with Gasteiger partial charge in [0.2, 0.25) is 0 Å². The van der Waals surface area contributed by atoms with E-state index in [2.05, 4.69) is 5.32 Å². The van der Waals surface area contributed by atoms with E-state index in [9.17, 15) is 10.2 Å². The van der Waals surface area contributed by atoms with Gasteiger partial charge in [-0.25, -0.2) is 0 Å². The van der Waals surface area contributed by atoms with E-state index in [1.54, 1.807) is 7.05 Å². The van der Waals surface area contributed by atoms with Crippen LogP contribution in [0.15, 0.2) is 0 Å². The van der Waals surface area contributed by atoms with E-state index in [0.29, 0.717) is 19.4 Å². The van der Waals surface area contributed by atoms with Crippen molar-refractivity contribution in [1.82, 2.24) is 5.32 Å². The fraction of sp³-hybridized carbons (Fsp3) is 1.00. The van der Waals surface area contributed by atoms with Crippen molar-refractivity contribution >= 4 is 0 Å². The third-order valence-corrected chi connectivity index (χ3v) is 2.72. The van der Waals surface area contributed by atoms with Gasteiger partial charge < -0.3 is 15.5 Å². The van der Waals surface area contributed by atoms with Crippen LogP contribution in [0.5, 0.6) is 0 Å². The Balaban J connectivity index is 4.10. The van der Waals surface area contributed by atoms with Crippen LogP contribution in [0.2, 0.25) is 0 Å². The van der Waals surface area contributed by atoms with Gasteiger partial charge >= 0.3 is 0 Å². The lowest BCUT2D eigenvalue weighted by molar-refractivity contribution is -0.0479. The van der Waals surface area contributed by atoms with Crippen LogP contribution in [0.25, 0.3) is 0 Å². The average Bonchev–Trinajstić information content (AvgIpc) is 2.04. The highest BCUT2D eigenvalue weighted by atomic mass is 16.3. The molecule has 0 unspecified atom stereocenters. The maximum Gasteiger partial charge on any atom is 0.0693 e. The smallest absolute Gasteiger partial charge is 0.0693 e. The van der Waals surface area contributed by atoms with Gasteiger partial charge in [0, 0.05) is 13.0 Å². The molecule has 0 aromatic rings. The predicted octanol–water partition coefficient (Wildman–Crippen LogP) is 0.754. The summed E-state index contributed by atoms with van der Waals surface area (Å²) in [7, 11) is 1.80. The molecular formula is C10H23NO2. The van der Waals surface area contributed by atoms with E-state index in [4.69, 9.17) is 0 Å². The maximum absolute atomic E-state index is 10.1. The zero-order valence-electron chi connectivity index (χ0n) is 9.17. The lowest BCUT2D eigenvalue weighted by atomic mass is 9.83. The second-order valence-corrected chi connectivity index (χ2v) is 4.03. The van der Waals surface area contributed by atoms with E-state index in [1.165, 1.54) is 0 Å². The number of hydrogen-bond donors (Lipinski definition) is 3. The number of hydrogen-bond acceptors (Lipinski definition) is 3. The van der Waals surface area contributed by atoms with Crippen molar-refractivity contribution in [2.75, 3.05) is 13.6 Å². The molecule has 0 amide bonds. The number of rotatable bonds is 6. The SMILES string of the molecule is CC[C@@](O)(C[C@H](O)CNC)C(C)C. The third-order valence-electron chi connectivity index (χ3n) is 2.72. The normalized spacial score (nSPS) is 18.7. The lowest BCUT2D eigenvalue weighted by Gasteiger charge is -2.33. The Morgan fingerprint density at radius 1 is 1.38 bits per heavy atom. The molecule has 0 rings (SSSR count). The number of aliphatic hydroxyl groups is 2. The zero-order valence-corrected chi connectivity index (χ0v) is 9.17. The summed E-state index contributed by atoms with van der Waals surface area (Å²) in [6, 6.07) is 0. The van der Waals surface area contributed by atoms with Crippen molar-refractivity contribution in [2.24, 2.45) is 5.92 Å². The summed E-state index contributed by atoms with van der Waals surface area (Å²) in [5.41, 5.74) is -0.726. The van der Waals surface area contributed by atoms with Crippen molar-refractivity contribution in [3.63, 3.8) is 0 Å². The van der Waals surface area contributed by atoms with Crippen LogP contribution in [0.4, 0.5) is 0 Å². The molecule has 0 saturated heterocycles. The Kier molecular flexibility index (Phi) is 5.53. The van der Waals surface area contributed by atoms with Gasteiger partial charge in [0.05, 0.1) is 11.7 Å². The molecule has 0 aromatic carbocycles. The fourth-order valence-corrected chi connectivity index (χ4v) is 1.50. The standard InChI is InChI=1S/C10H23NO2/c1-5-10(13,8(2)3)6-9(12)7-11-4/h8-9,11-13H,5-7H2,1-4H3/t9-,10+/m0/s1. The molecular weight excluding hydrogens is 166 g/mol.